The van der Waals surface area contributed by atoms with Gasteiger partial charge in [-0.2, -0.15) is 0 Å². The molecule has 1 fully saturated rings. The second kappa shape index (κ2) is 8.78. The number of nitrogens with one attached hydrogen (secondary N) is 2. The lowest BCUT2D eigenvalue weighted by molar-refractivity contribution is 0.583. The first kappa shape index (κ1) is 21.5. The molecule has 10 heteroatoms. The first-order valence-electron chi connectivity index (χ1n) is 9.71. The fourth-order valence-corrected chi connectivity index (χ4v) is 4.58. The van der Waals surface area contributed by atoms with Crippen LogP contribution < -0.4 is 14.9 Å². The third kappa shape index (κ3) is 4.79. The van der Waals surface area contributed by atoms with E-state index >= 15 is 0 Å². The maximum absolute atomic E-state index is 13.8. The van der Waals surface area contributed by atoms with Crippen molar-refractivity contribution >= 4 is 33.3 Å². The third-order valence-corrected chi connectivity index (χ3v) is 6.67. The van der Waals surface area contributed by atoms with Gasteiger partial charge in [0, 0.05) is 44.0 Å². The van der Waals surface area contributed by atoms with Crippen molar-refractivity contribution in [2.75, 3.05) is 35.8 Å². The van der Waals surface area contributed by atoms with E-state index in [0.717, 1.165) is 31.7 Å². The fourth-order valence-electron chi connectivity index (χ4n) is 3.37. The van der Waals surface area contributed by atoms with Crippen LogP contribution in [-0.2, 0) is 10.0 Å². The van der Waals surface area contributed by atoms with Gasteiger partial charge in [0.05, 0.1) is 15.6 Å². The molecule has 7 nitrogen and oxygen atoms in total. The van der Waals surface area contributed by atoms with E-state index in [4.69, 9.17) is 11.6 Å². The van der Waals surface area contributed by atoms with E-state index in [1.165, 1.54) is 36.5 Å². The number of sulfonamides is 1. The Hall–Kier alpha value is -2.75. The van der Waals surface area contributed by atoms with E-state index < -0.39 is 15.8 Å². The minimum atomic E-state index is -3.92. The van der Waals surface area contributed by atoms with Crippen LogP contribution >= 0.6 is 11.6 Å². The summed E-state index contributed by atoms with van der Waals surface area (Å²) < 4.78 is 42.2. The number of anilines is 2. The van der Waals surface area contributed by atoms with Crippen molar-refractivity contribution in [2.24, 2.45) is 0 Å². The number of piperazine rings is 1. The van der Waals surface area contributed by atoms with Crippen LogP contribution in [0.15, 0.2) is 53.6 Å². The van der Waals surface area contributed by atoms with Crippen LogP contribution in [0.3, 0.4) is 0 Å². The van der Waals surface area contributed by atoms with E-state index in [1.807, 2.05) is 4.90 Å². The molecule has 3 heterocycles. The quantitative estimate of drug-likeness (QED) is 0.605. The molecule has 2 N–H and O–H groups in total. The molecular formula is C21H21ClFN5O2S. The summed E-state index contributed by atoms with van der Waals surface area (Å²) in [6, 6.07) is 10.3. The average Bonchev–Trinajstić information content (AvgIpc) is 2.77. The van der Waals surface area contributed by atoms with Gasteiger partial charge in [0.1, 0.15) is 17.5 Å². The molecule has 0 unspecified atom stereocenters. The van der Waals surface area contributed by atoms with Gasteiger partial charge in [-0.05, 0) is 42.8 Å². The van der Waals surface area contributed by atoms with Gasteiger partial charge in [-0.3, -0.25) is 4.72 Å². The Morgan fingerprint density at radius 1 is 1.13 bits per heavy atom. The second-order valence-corrected chi connectivity index (χ2v) is 9.27. The molecule has 0 radical (unpaired) electrons. The van der Waals surface area contributed by atoms with E-state index in [1.54, 1.807) is 19.1 Å². The summed E-state index contributed by atoms with van der Waals surface area (Å²) in [4.78, 5) is 10.8. The molecule has 4 rings (SSSR count). The zero-order valence-electron chi connectivity index (χ0n) is 16.8. The van der Waals surface area contributed by atoms with Crippen LogP contribution in [0.2, 0.25) is 5.02 Å². The second-order valence-electron chi connectivity index (χ2n) is 7.18. The van der Waals surface area contributed by atoms with Gasteiger partial charge >= 0.3 is 0 Å². The summed E-state index contributed by atoms with van der Waals surface area (Å²) in [6.45, 7) is 4.93. The van der Waals surface area contributed by atoms with Crippen LogP contribution in [0.25, 0.3) is 11.3 Å². The van der Waals surface area contributed by atoms with Gasteiger partial charge in [-0.25, -0.2) is 22.8 Å². The lowest BCUT2D eigenvalue weighted by Gasteiger charge is -2.28. The van der Waals surface area contributed by atoms with Crippen molar-refractivity contribution in [1.82, 2.24) is 15.3 Å². The minimum Gasteiger partial charge on any atom is -0.354 e. The zero-order valence-corrected chi connectivity index (χ0v) is 18.3. The standard InChI is InChI=1S/C21H21ClFN5O2S/c1-14-2-3-15(23)12-17(14)21-18(22)4-5-19(26-21)27-31(29,30)16-6-7-25-20(13-16)28-10-8-24-9-11-28/h2-7,12-13,24H,8-11H2,1H3,(H,26,27). The highest BCUT2D eigenvalue weighted by molar-refractivity contribution is 7.92. The van der Waals surface area contributed by atoms with Crippen LogP contribution in [0.1, 0.15) is 5.56 Å². The lowest BCUT2D eigenvalue weighted by atomic mass is 10.0. The maximum Gasteiger partial charge on any atom is 0.263 e. The van der Waals surface area contributed by atoms with Crippen molar-refractivity contribution in [3.8, 4) is 11.3 Å². The van der Waals surface area contributed by atoms with Crippen molar-refractivity contribution in [1.29, 1.82) is 0 Å². The molecule has 31 heavy (non-hydrogen) atoms. The molecule has 0 bridgehead atoms. The van der Waals surface area contributed by atoms with Crippen molar-refractivity contribution in [3.63, 3.8) is 0 Å². The predicted molar refractivity (Wildman–Crippen MR) is 120 cm³/mol. The highest BCUT2D eigenvalue weighted by Crippen LogP contribution is 2.31. The molecule has 1 saturated heterocycles. The van der Waals surface area contributed by atoms with Crippen LogP contribution in [-0.4, -0.2) is 44.6 Å². The van der Waals surface area contributed by atoms with Crippen molar-refractivity contribution in [2.45, 2.75) is 11.8 Å². The molecule has 0 amide bonds. The normalized spacial score (nSPS) is 14.5. The Morgan fingerprint density at radius 2 is 1.90 bits per heavy atom. The average molecular weight is 462 g/mol. The summed E-state index contributed by atoms with van der Waals surface area (Å²) in [6.07, 6.45) is 1.47. The maximum atomic E-state index is 13.8. The molecule has 0 spiro atoms. The third-order valence-electron chi connectivity index (χ3n) is 5.01. The first-order valence-corrected chi connectivity index (χ1v) is 11.6. The molecule has 0 aliphatic carbocycles. The Labute approximate surface area is 185 Å². The molecule has 0 saturated carbocycles. The van der Waals surface area contributed by atoms with Gasteiger partial charge in [0.25, 0.3) is 10.0 Å². The summed E-state index contributed by atoms with van der Waals surface area (Å²) in [5, 5.41) is 3.54. The van der Waals surface area contributed by atoms with Crippen LogP contribution in [0.4, 0.5) is 16.0 Å². The number of nitrogens with zero attached hydrogens (tertiary/aromatic N) is 3. The molecule has 1 aromatic carbocycles. The fraction of sp³-hybridized carbons (Fsp3) is 0.238. The Kier molecular flexibility index (Phi) is 6.08. The number of rotatable bonds is 5. The minimum absolute atomic E-state index is 0.0799. The van der Waals surface area contributed by atoms with Gasteiger partial charge < -0.3 is 10.2 Å². The zero-order chi connectivity index (χ0) is 22.0. The predicted octanol–water partition coefficient (Wildman–Crippen LogP) is 3.45. The van der Waals surface area contributed by atoms with Crippen LogP contribution in [0.5, 0.6) is 0 Å². The Bertz CT molecular complexity index is 1220. The molecule has 3 aromatic rings. The summed E-state index contributed by atoms with van der Waals surface area (Å²) in [5.74, 6) is 0.259. The van der Waals surface area contributed by atoms with Crippen LogP contribution in [0, 0.1) is 12.7 Å². The van der Waals surface area contributed by atoms with Gasteiger partial charge in [0.15, 0.2) is 0 Å². The van der Waals surface area contributed by atoms with E-state index in [2.05, 4.69) is 20.0 Å². The van der Waals surface area contributed by atoms with Crippen molar-refractivity contribution in [3.05, 3.63) is 65.1 Å². The van der Waals surface area contributed by atoms with E-state index in [-0.39, 0.29) is 10.7 Å². The largest absolute Gasteiger partial charge is 0.354 e. The highest BCUT2D eigenvalue weighted by Gasteiger charge is 2.20. The van der Waals surface area contributed by atoms with E-state index in [9.17, 15) is 12.8 Å². The van der Waals surface area contributed by atoms with Gasteiger partial charge in [-0.1, -0.05) is 17.7 Å². The van der Waals surface area contributed by atoms with Crippen molar-refractivity contribution < 1.29 is 12.8 Å². The summed E-state index contributed by atoms with van der Waals surface area (Å²) in [5.41, 5.74) is 1.57. The SMILES string of the molecule is Cc1ccc(F)cc1-c1nc(NS(=O)(=O)c2ccnc(N3CCNCC3)c2)ccc1Cl. The number of hydrogen-bond donors (Lipinski definition) is 2. The Morgan fingerprint density at radius 3 is 2.68 bits per heavy atom. The number of benzene rings is 1. The number of pyridine rings is 2. The smallest absolute Gasteiger partial charge is 0.263 e. The molecule has 162 valence electrons. The highest BCUT2D eigenvalue weighted by atomic mass is 35.5. The molecule has 1 aliphatic heterocycles. The Balaban J connectivity index is 1.64. The van der Waals surface area contributed by atoms with Gasteiger partial charge in [-0.15, -0.1) is 0 Å². The lowest BCUT2D eigenvalue weighted by Crippen LogP contribution is -2.43. The molecular weight excluding hydrogens is 441 g/mol. The van der Waals surface area contributed by atoms with Gasteiger partial charge in [0.2, 0.25) is 0 Å². The molecule has 1 aliphatic rings. The number of aryl methyl sites for hydroxylation is 1. The summed E-state index contributed by atoms with van der Waals surface area (Å²) >= 11 is 6.27. The number of halogens is 2. The number of hydrogen-bond acceptors (Lipinski definition) is 6. The summed E-state index contributed by atoms with van der Waals surface area (Å²) in [7, 11) is -3.92. The molecule has 2 aromatic heterocycles. The first-order chi connectivity index (χ1) is 14.8. The number of aromatic nitrogens is 2. The van der Waals surface area contributed by atoms with E-state index in [0.29, 0.717) is 22.1 Å². The monoisotopic (exact) mass is 461 g/mol. The molecule has 0 atom stereocenters. The topological polar surface area (TPSA) is 87.2 Å².